The maximum absolute atomic E-state index is 10.4. The predicted octanol–water partition coefficient (Wildman–Crippen LogP) is 1.01. The minimum absolute atomic E-state index is 0.213. The molecule has 0 heterocycles. The molecule has 0 fully saturated rings. The van der Waals surface area contributed by atoms with Crippen molar-refractivity contribution in [1.82, 2.24) is 0 Å². The molecule has 0 radical (unpaired) electrons. The van der Waals surface area contributed by atoms with Gasteiger partial charge in [-0.25, -0.2) is 0 Å². The highest BCUT2D eigenvalue weighted by molar-refractivity contribution is 8.02. The van der Waals surface area contributed by atoms with Crippen molar-refractivity contribution < 1.29 is 14.6 Å². The van der Waals surface area contributed by atoms with Crippen LogP contribution in [0.4, 0.5) is 0 Å². The van der Waals surface area contributed by atoms with E-state index in [0.717, 1.165) is 23.0 Å². The molecule has 0 aromatic heterocycles. The van der Waals surface area contributed by atoms with Crippen LogP contribution in [-0.4, -0.2) is 47.3 Å². The first-order valence-electron chi connectivity index (χ1n) is 4.17. The van der Waals surface area contributed by atoms with Gasteiger partial charge >= 0.3 is 5.97 Å². The molecule has 0 aliphatic heterocycles. The van der Waals surface area contributed by atoms with E-state index < -0.39 is 0 Å². The lowest BCUT2D eigenvalue weighted by Crippen LogP contribution is -2.03. The van der Waals surface area contributed by atoms with Crippen molar-refractivity contribution in [2.45, 2.75) is 6.92 Å². The van der Waals surface area contributed by atoms with E-state index in [2.05, 4.69) is 0 Å². The topological polar surface area (TPSA) is 46.5 Å². The lowest BCUT2D eigenvalue weighted by Gasteiger charge is -2.01. The van der Waals surface area contributed by atoms with Crippen molar-refractivity contribution in [2.75, 3.05) is 36.2 Å². The average molecular weight is 224 g/mol. The Labute approximate surface area is 87.6 Å². The zero-order valence-electron chi connectivity index (χ0n) is 7.82. The van der Waals surface area contributed by atoms with Crippen molar-refractivity contribution in [3.8, 4) is 0 Å². The van der Waals surface area contributed by atoms with Crippen LogP contribution in [0, 0.1) is 0 Å². The van der Waals surface area contributed by atoms with Crippen molar-refractivity contribution in [3.63, 3.8) is 0 Å². The van der Waals surface area contributed by atoms with Crippen LogP contribution in [0.2, 0.25) is 0 Å². The van der Waals surface area contributed by atoms with Gasteiger partial charge in [0.2, 0.25) is 0 Å². The Bertz CT molecular complexity index is 131. The third-order valence-electron chi connectivity index (χ3n) is 1.14. The number of ether oxygens (including phenoxy) is 1. The van der Waals surface area contributed by atoms with E-state index in [0.29, 0.717) is 6.61 Å². The predicted molar refractivity (Wildman–Crippen MR) is 58.4 cm³/mol. The second-order valence-electron chi connectivity index (χ2n) is 2.29. The molecule has 0 saturated carbocycles. The van der Waals surface area contributed by atoms with Gasteiger partial charge in [0.1, 0.15) is 6.61 Å². The van der Waals surface area contributed by atoms with E-state index in [9.17, 15) is 4.79 Å². The summed E-state index contributed by atoms with van der Waals surface area (Å²) in [5, 5.41) is 8.48. The molecule has 0 saturated heterocycles. The van der Waals surface area contributed by atoms with E-state index in [4.69, 9.17) is 9.84 Å². The third-order valence-corrected chi connectivity index (χ3v) is 3.31. The molecule has 13 heavy (non-hydrogen) atoms. The van der Waals surface area contributed by atoms with E-state index in [1.54, 1.807) is 23.5 Å². The van der Waals surface area contributed by atoms with E-state index in [-0.39, 0.29) is 12.6 Å². The molecule has 0 unspecified atom stereocenters. The van der Waals surface area contributed by atoms with Crippen LogP contribution in [-0.2, 0) is 9.53 Å². The number of aliphatic hydroxyl groups excluding tert-OH is 1. The van der Waals surface area contributed by atoms with Crippen molar-refractivity contribution >= 4 is 29.5 Å². The number of hydrogen-bond acceptors (Lipinski definition) is 5. The van der Waals surface area contributed by atoms with Crippen LogP contribution >= 0.6 is 23.5 Å². The van der Waals surface area contributed by atoms with Gasteiger partial charge < -0.3 is 9.84 Å². The Hall–Kier alpha value is 0.130. The van der Waals surface area contributed by atoms with Gasteiger partial charge in [0, 0.05) is 29.9 Å². The minimum Gasteiger partial charge on any atom is -0.465 e. The number of esters is 1. The molecule has 0 rings (SSSR count). The Kier molecular flexibility index (Phi) is 10.3. The van der Waals surface area contributed by atoms with Gasteiger partial charge in [0.15, 0.2) is 0 Å². The number of rotatable bonds is 8. The highest BCUT2D eigenvalue weighted by Gasteiger charge is 1.93. The second kappa shape index (κ2) is 10.2. The van der Waals surface area contributed by atoms with Crippen molar-refractivity contribution in [2.24, 2.45) is 0 Å². The second-order valence-corrected chi connectivity index (χ2v) is 4.74. The zero-order chi connectivity index (χ0) is 9.94. The molecule has 0 bridgehead atoms. The minimum atomic E-state index is -0.213. The summed E-state index contributed by atoms with van der Waals surface area (Å²) in [6, 6.07) is 0. The fourth-order valence-corrected chi connectivity index (χ4v) is 2.31. The molecule has 78 valence electrons. The van der Waals surface area contributed by atoms with Gasteiger partial charge in [0.25, 0.3) is 0 Å². The summed E-state index contributed by atoms with van der Waals surface area (Å²) in [6.45, 7) is 2.18. The van der Waals surface area contributed by atoms with Gasteiger partial charge in [-0.05, 0) is 0 Å². The lowest BCUT2D eigenvalue weighted by molar-refractivity contribution is -0.140. The molecule has 0 aliphatic rings. The van der Waals surface area contributed by atoms with Crippen molar-refractivity contribution in [3.05, 3.63) is 0 Å². The fourth-order valence-electron chi connectivity index (χ4n) is 0.631. The van der Waals surface area contributed by atoms with Crippen LogP contribution in [0.25, 0.3) is 0 Å². The van der Waals surface area contributed by atoms with E-state index in [1.165, 1.54) is 6.92 Å². The van der Waals surface area contributed by atoms with Crippen LogP contribution in [0.3, 0.4) is 0 Å². The Morgan fingerprint density at radius 3 is 2.38 bits per heavy atom. The van der Waals surface area contributed by atoms with Gasteiger partial charge in [-0.3, -0.25) is 4.79 Å². The third kappa shape index (κ3) is 12.1. The first-order valence-corrected chi connectivity index (χ1v) is 6.48. The summed E-state index contributed by atoms with van der Waals surface area (Å²) in [4.78, 5) is 10.4. The molecule has 0 amide bonds. The Morgan fingerprint density at radius 2 is 1.85 bits per heavy atom. The molecule has 0 atom stereocenters. The Morgan fingerprint density at radius 1 is 1.23 bits per heavy atom. The number of hydrogen-bond donors (Lipinski definition) is 1. The molecule has 1 N–H and O–H groups in total. The van der Waals surface area contributed by atoms with Gasteiger partial charge in [-0.15, -0.1) is 0 Å². The molecule has 0 aromatic rings. The number of aliphatic hydroxyl groups is 1. The number of carbonyl (C=O) groups excluding carboxylic acids is 1. The normalized spacial score (nSPS) is 10.0. The Balaban J connectivity index is 2.87. The highest BCUT2D eigenvalue weighted by Crippen LogP contribution is 2.06. The fraction of sp³-hybridized carbons (Fsp3) is 0.875. The largest absolute Gasteiger partial charge is 0.465 e. The first-order chi connectivity index (χ1) is 6.27. The zero-order valence-corrected chi connectivity index (χ0v) is 9.46. The molecule has 5 heteroatoms. The summed E-state index contributed by atoms with van der Waals surface area (Å²) >= 11 is 3.50. The highest BCUT2D eigenvalue weighted by atomic mass is 32.2. The summed E-state index contributed by atoms with van der Waals surface area (Å²) in [7, 11) is 0. The summed E-state index contributed by atoms with van der Waals surface area (Å²) in [5.74, 6) is 3.55. The van der Waals surface area contributed by atoms with E-state index in [1.807, 2.05) is 0 Å². The number of thioether (sulfide) groups is 2. The SMILES string of the molecule is CC(=O)OCCSCCSCCO. The summed E-state index contributed by atoms with van der Waals surface area (Å²) < 4.78 is 4.76. The van der Waals surface area contributed by atoms with Gasteiger partial charge in [-0.2, -0.15) is 23.5 Å². The van der Waals surface area contributed by atoms with E-state index >= 15 is 0 Å². The van der Waals surface area contributed by atoms with Crippen LogP contribution in [0.1, 0.15) is 6.92 Å². The summed E-state index contributed by atoms with van der Waals surface area (Å²) in [6.07, 6.45) is 0. The molecular formula is C8H16O3S2. The average Bonchev–Trinajstić information content (AvgIpc) is 2.09. The van der Waals surface area contributed by atoms with Crippen LogP contribution in [0.5, 0.6) is 0 Å². The van der Waals surface area contributed by atoms with Gasteiger partial charge in [-0.1, -0.05) is 0 Å². The number of carbonyl (C=O) groups is 1. The maximum atomic E-state index is 10.4. The standard InChI is InChI=1S/C8H16O3S2/c1-8(10)11-3-5-13-7-6-12-4-2-9/h9H,2-7H2,1H3. The molecule has 0 spiro atoms. The smallest absolute Gasteiger partial charge is 0.302 e. The van der Waals surface area contributed by atoms with Gasteiger partial charge in [0.05, 0.1) is 6.61 Å². The van der Waals surface area contributed by atoms with Crippen molar-refractivity contribution in [1.29, 1.82) is 0 Å². The van der Waals surface area contributed by atoms with Crippen LogP contribution < -0.4 is 0 Å². The maximum Gasteiger partial charge on any atom is 0.302 e. The molecular weight excluding hydrogens is 208 g/mol. The lowest BCUT2D eigenvalue weighted by atomic mass is 10.8. The van der Waals surface area contributed by atoms with Crippen LogP contribution in [0.15, 0.2) is 0 Å². The molecule has 0 aliphatic carbocycles. The summed E-state index contributed by atoms with van der Waals surface area (Å²) in [5.41, 5.74) is 0. The molecule has 0 aromatic carbocycles. The molecule has 3 nitrogen and oxygen atoms in total. The first kappa shape index (κ1) is 13.1. The quantitative estimate of drug-likeness (QED) is 0.492. The monoisotopic (exact) mass is 224 g/mol.